The highest BCUT2D eigenvalue weighted by Gasteiger charge is 2.46. The lowest BCUT2D eigenvalue weighted by molar-refractivity contribution is 0.136. The van der Waals surface area contributed by atoms with Crippen molar-refractivity contribution in [2.24, 2.45) is 0 Å². The molecule has 0 amide bonds. The number of aromatic nitrogens is 4. The smallest absolute Gasteiger partial charge is 0.266 e. The van der Waals surface area contributed by atoms with Gasteiger partial charge in [-0.05, 0) is 0 Å². The molecule has 0 spiro atoms. The maximum absolute atomic E-state index is 15.4. The number of methoxy groups -OCH3 is 1. The maximum atomic E-state index is 15.4. The topological polar surface area (TPSA) is 77.2 Å². The second-order valence-electron chi connectivity index (χ2n) is 5.85. The largest absolute Gasteiger partial charge is 0.377 e. The number of nitrogens with zero attached hydrogens (tertiary/aromatic N) is 5. The molecule has 1 atom stereocenters. The van der Waals surface area contributed by atoms with Crippen LogP contribution in [0, 0.1) is 0 Å². The van der Waals surface area contributed by atoms with Crippen molar-refractivity contribution in [2.45, 2.75) is 18.7 Å². The Kier molecular flexibility index (Phi) is 4.18. The average molecular weight is 361 g/mol. The van der Waals surface area contributed by atoms with Crippen LogP contribution >= 0.6 is 11.5 Å². The van der Waals surface area contributed by atoms with Crippen LogP contribution < -0.4 is 4.90 Å². The fraction of sp³-hybridized carbons (Fsp3) is 0.375. The number of rotatable bonds is 5. The highest BCUT2D eigenvalue weighted by atomic mass is 32.1. The molecule has 0 saturated carbocycles. The summed E-state index contributed by atoms with van der Waals surface area (Å²) in [7, 11) is 1.59. The van der Waals surface area contributed by atoms with Crippen molar-refractivity contribution in [2.75, 3.05) is 25.1 Å². The Hall–Kier alpha value is -2.39. The minimum atomic E-state index is -1.69. The quantitative estimate of drug-likeness (QED) is 0.691. The van der Waals surface area contributed by atoms with Gasteiger partial charge in [0, 0.05) is 37.2 Å². The van der Waals surface area contributed by atoms with Gasteiger partial charge in [-0.2, -0.15) is 9.36 Å². The van der Waals surface area contributed by atoms with E-state index >= 15 is 4.39 Å². The highest BCUT2D eigenvalue weighted by Crippen LogP contribution is 2.38. The van der Waals surface area contributed by atoms with Crippen molar-refractivity contribution in [1.82, 2.24) is 19.5 Å². The number of halogens is 1. The molecule has 1 aliphatic rings. The first-order valence-corrected chi connectivity index (χ1v) is 8.60. The molecule has 3 aromatic rings. The van der Waals surface area contributed by atoms with Crippen molar-refractivity contribution in [3.63, 3.8) is 0 Å². The molecule has 0 aliphatic carbocycles. The highest BCUT2D eigenvalue weighted by molar-refractivity contribution is 7.09. The monoisotopic (exact) mass is 361 g/mol. The van der Waals surface area contributed by atoms with E-state index in [1.807, 2.05) is 35.2 Å². The van der Waals surface area contributed by atoms with E-state index < -0.39 is 5.67 Å². The van der Waals surface area contributed by atoms with Gasteiger partial charge in [0.1, 0.15) is 6.61 Å². The van der Waals surface area contributed by atoms with Crippen LogP contribution in [0.15, 0.2) is 34.9 Å². The average Bonchev–Trinajstić information content (AvgIpc) is 3.35. The Balaban J connectivity index is 1.52. The maximum Gasteiger partial charge on any atom is 0.266 e. The molecular weight excluding hydrogens is 345 g/mol. The first-order valence-electron chi connectivity index (χ1n) is 7.83. The Labute approximate surface area is 147 Å². The van der Waals surface area contributed by atoms with E-state index in [2.05, 4.69) is 19.5 Å². The zero-order valence-electron chi connectivity index (χ0n) is 13.6. The van der Waals surface area contributed by atoms with Crippen LogP contribution in [0.1, 0.15) is 18.1 Å². The molecular formula is C16H16FN5O2S. The van der Waals surface area contributed by atoms with Crippen LogP contribution in [0.25, 0.3) is 11.4 Å². The van der Waals surface area contributed by atoms with E-state index in [0.717, 1.165) is 5.56 Å². The van der Waals surface area contributed by atoms with Gasteiger partial charge in [0.15, 0.2) is 5.82 Å². The van der Waals surface area contributed by atoms with Gasteiger partial charge in [-0.3, -0.25) is 0 Å². The summed E-state index contributed by atoms with van der Waals surface area (Å²) >= 11 is 1.24. The Morgan fingerprint density at radius 1 is 1.32 bits per heavy atom. The molecule has 1 unspecified atom stereocenters. The number of ether oxygens (including phenoxy) is 1. The lowest BCUT2D eigenvalue weighted by Crippen LogP contribution is -2.27. The number of hydrogen-bond donors (Lipinski definition) is 0. The zero-order valence-corrected chi connectivity index (χ0v) is 14.4. The predicted molar refractivity (Wildman–Crippen MR) is 90.0 cm³/mol. The van der Waals surface area contributed by atoms with Gasteiger partial charge in [0.05, 0.1) is 6.54 Å². The Bertz CT molecular complexity index is 855. The molecule has 1 fully saturated rings. The molecule has 0 bridgehead atoms. The summed E-state index contributed by atoms with van der Waals surface area (Å²) in [5, 5.41) is 4.59. The van der Waals surface area contributed by atoms with Crippen LogP contribution in [0.2, 0.25) is 0 Å². The van der Waals surface area contributed by atoms with Crippen LogP contribution in [0.4, 0.5) is 9.52 Å². The predicted octanol–water partition coefficient (Wildman–Crippen LogP) is 2.81. The van der Waals surface area contributed by atoms with E-state index in [1.165, 1.54) is 11.5 Å². The molecule has 1 aliphatic heterocycles. The number of anilines is 1. The first-order chi connectivity index (χ1) is 12.2. The second-order valence-corrected chi connectivity index (χ2v) is 6.58. The van der Waals surface area contributed by atoms with Gasteiger partial charge in [0.25, 0.3) is 5.89 Å². The molecule has 25 heavy (non-hydrogen) atoms. The van der Waals surface area contributed by atoms with Crippen LogP contribution in [-0.2, 0) is 17.0 Å². The molecule has 3 heterocycles. The lowest BCUT2D eigenvalue weighted by Gasteiger charge is -2.16. The van der Waals surface area contributed by atoms with E-state index in [-0.39, 0.29) is 18.9 Å². The number of benzene rings is 1. The third kappa shape index (κ3) is 3.12. The summed E-state index contributed by atoms with van der Waals surface area (Å²) in [6.07, 6.45) is 0.266. The van der Waals surface area contributed by atoms with E-state index in [1.54, 1.807) is 7.11 Å². The Morgan fingerprint density at radius 3 is 2.96 bits per heavy atom. The van der Waals surface area contributed by atoms with Crippen LogP contribution in [0.3, 0.4) is 0 Å². The molecule has 0 N–H and O–H groups in total. The van der Waals surface area contributed by atoms with Crippen molar-refractivity contribution >= 4 is 16.7 Å². The number of hydrogen-bond acceptors (Lipinski definition) is 8. The Morgan fingerprint density at radius 2 is 2.16 bits per heavy atom. The summed E-state index contributed by atoms with van der Waals surface area (Å²) in [4.78, 5) is 10.5. The SMILES string of the molecule is COCc1nsc(N2CCC(F)(c3nc(-c4ccccc4)no3)C2)n1. The van der Waals surface area contributed by atoms with E-state index in [4.69, 9.17) is 9.26 Å². The van der Waals surface area contributed by atoms with Gasteiger partial charge in [0.2, 0.25) is 16.6 Å². The summed E-state index contributed by atoms with van der Waals surface area (Å²) in [5.74, 6) is 1.00. The minimum absolute atomic E-state index is 0.00971. The van der Waals surface area contributed by atoms with Gasteiger partial charge < -0.3 is 14.2 Å². The zero-order chi connectivity index (χ0) is 17.3. The summed E-state index contributed by atoms with van der Waals surface area (Å²) in [5.41, 5.74) is -0.892. The lowest BCUT2D eigenvalue weighted by atomic mass is 10.1. The van der Waals surface area contributed by atoms with Crippen molar-refractivity contribution in [3.8, 4) is 11.4 Å². The van der Waals surface area contributed by atoms with Crippen molar-refractivity contribution < 1.29 is 13.7 Å². The molecule has 2 aromatic heterocycles. The summed E-state index contributed by atoms with van der Waals surface area (Å²) in [6, 6.07) is 9.37. The summed E-state index contributed by atoms with van der Waals surface area (Å²) < 4.78 is 29.8. The molecule has 9 heteroatoms. The van der Waals surface area contributed by atoms with E-state index in [0.29, 0.717) is 29.9 Å². The molecule has 4 rings (SSSR count). The standard InChI is InChI=1S/C16H16FN5O2S/c1-23-9-12-18-15(25-21-12)22-8-7-16(17,10-22)14-19-13(20-24-14)11-5-3-2-4-6-11/h2-6H,7-10H2,1H3. The first kappa shape index (κ1) is 16.1. The van der Waals surface area contributed by atoms with Crippen LogP contribution in [-0.4, -0.2) is 39.7 Å². The minimum Gasteiger partial charge on any atom is -0.377 e. The molecule has 130 valence electrons. The van der Waals surface area contributed by atoms with Gasteiger partial charge in [-0.1, -0.05) is 35.5 Å². The molecule has 7 nitrogen and oxygen atoms in total. The molecule has 0 radical (unpaired) electrons. The summed E-state index contributed by atoms with van der Waals surface area (Å²) in [6.45, 7) is 0.974. The fourth-order valence-electron chi connectivity index (χ4n) is 2.78. The van der Waals surface area contributed by atoms with Gasteiger partial charge in [-0.15, -0.1) is 0 Å². The van der Waals surface area contributed by atoms with Crippen molar-refractivity contribution in [3.05, 3.63) is 42.0 Å². The number of alkyl halides is 1. The second kappa shape index (κ2) is 6.49. The third-order valence-electron chi connectivity index (χ3n) is 4.06. The van der Waals surface area contributed by atoms with E-state index in [9.17, 15) is 0 Å². The third-order valence-corrected chi connectivity index (χ3v) is 4.88. The normalized spacial score (nSPS) is 20.3. The fourth-order valence-corrected chi connectivity index (χ4v) is 3.48. The van der Waals surface area contributed by atoms with Gasteiger partial charge >= 0.3 is 0 Å². The molecule has 1 saturated heterocycles. The van der Waals surface area contributed by atoms with Crippen LogP contribution in [0.5, 0.6) is 0 Å². The van der Waals surface area contributed by atoms with Gasteiger partial charge in [-0.25, -0.2) is 9.37 Å². The van der Waals surface area contributed by atoms with Crippen molar-refractivity contribution in [1.29, 1.82) is 0 Å². The molecule has 1 aromatic carbocycles.